The number of likely N-dealkylation sites (tertiary alicyclic amines) is 1. The molecule has 2 fully saturated rings. The largest absolute Gasteiger partial charge is 0.348 e. The summed E-state index contributed by atoms with van der Waals surface area (Å²) in [5.74, 6) is -0.463. The van der Waals surface area contributed by atoms with Crippen molar-refractivity contribution in [3.8, 4) is 0 Å². The molecule has 8 heteroatoms. The summed E-state index contributed by atoms with van der Waals surface area (Å²) in [5, 5.41) is 2.88. The second-order valence-corrected chi connectivity index (χ2v) is 11.4. The van der Waals surface area contributed by atoms with Gasteiger partial charge < -0.3 is 10.2 Å². The monoisotopic (exact) mass is 447 g/mol. The average molecular weight is 448 g/mol. The Labute approximate surface area is 185 Å². The van der Waals surface area contributed by atoms with Crippen LogP contribution in [0.2, 0.25) is 0 Å². The number of piperidine rings is 1. The van der Waals surface area contributed by atoms with Gasteiger partial charge in [-0.15, -0.1) is 0 Å². The first kappa shape index (κ1) is 23.5. The molecule has 3 rings (SSSR count). The van der Waals surface area contributed by atoms with Gasteiger partial charge in [0.25, 0.3) is 5.91 Å². The van der Waals surface area contributed by atoms with Crippen molar-refractivity contribution in [3.63, 3.8) is 0 Å². The molecular formula is C23H33N3O4S. The molecular weight excluding hydrogens is 414 g/mol. The fourth-order valence-electron chi connectivity index (χ4n) is 5.02. The number of amides is 2. The van der Waals surface area contributed by atoms with Crippen molar-refractivity contribution in [3.05, 3.63) is 42.5 Å². The Kier molecular flexibility index (Phi) is 6.35. The van der Waals surface area contributed by atoms with E-state index in [-0.39, 0.29) is 22.8 Å². The molecule has 0 radical (unpaired) electrons. The average Bonchev–Trinajstić information content (AvgIpc) is 2.91. The fraction of sp³-hybridized carbons (Fsp3) is 0.565. The van der Waals surface area contributed by atoms with Crippen LogP contribution in [0.4, 0.5) is 0 Å². The predicted octanol–water partition coefficient (Wildman–Crippen LogP) is 2.94. The quantitative estimate of drug-likeness (QED) is 0.703. The molecule has 2 aliphatic rings. The first-order chi connectivity index (χ1) is 14.4. The highest BCUT2D eigenvalue weighted by molar-refractivity contribution is 7.89. The van der Waals surface area contributed by atoms with Crippen LogP contribution in [0, 0.1) is 0 Å². The summed E-state index contributed by atoms with van der Waals surface area (Å²) in [6, 6.07) is 5.93. The van der Waals surface area contributed by atoms with Crippen molar-refractivity contribution < 1.29 is 18.0 Å². The lowest BCUT2D eigenvalue weighted by atomic mass is 9.94. The topological polar surface area (TPSA) is 86.8 Å². The first-order valence-electron chi connectivity index (χ1n) is 10.8. The lowest BCUT2D eigenvalue weighted by Crippen LogP contribution is -2.56. The Bertz CT molecular complexity index is 978. The molecule has 2 aliphatic heterocycles. The van der Waals surface area contributed by atoms with E-state index in [2.05, 4.69) is 11.9 Å². The fourth-order valence-corrected chi connectivity index (χ4v) is 7.23. The second-order valence-electron chi connectivity index (χ2n) is 9.59. The van der Waals surface area contributed by atoms with E-state index in [0.717, 1.165) is 19.3 Å². The number of nitrogens with one attached hydrogen (secondary N) is 1. The van der Waals surface area contributed by atoms with Crippen LogP contribution in [-0.2, 0) is 14.8 Å². The van der Waals surface area contributed by atoms with E-state index in [0.29, 0.717) is 25.1 Å². The van der Waals surface area contributed by atoms with E-state index in [1.54, 1.807) is 17.0 Å². The minimum atomic E-state index is -3.93. The van der Waals surface area contributed by atoms with E-state index in [9.17, 15) is 18.0 Å². The van der Waals surface area contributed by atoms with E-state index in [4.69, 9.17) is 0 Å². The number of nitrogens with zero attached hydrogens (tertiary/aromatic N) is 2. The van der Waals surface area contributed by atoms with Crippen LogP contribution in [-0.4, -0.2) is 59.6 Å². The predicted molar refractivity (Wildman–Crippen MR) is 120 cm³/mol. The van der Waals surface area contributed by atoms with Crippen LogP contribution in [0.15, 0.2) is 41.8 Å². The Morgan fingerprint density at radius 2 is 1.77 bits per heavy atom. The molecule has 1 aromatic rings. The Balaban J connectivity index is 1.96. The summed E-state index contributed by atoms with van der Waals surface area (Å²) in [6.45, 7) is 12.2. The van der Waals surface area contributed by atoms with Crippen LogP contribution in [0.3, 0.4) is 0 Å². The van der Waals surface area contributed by atoms with E-state index < -0.39 is 21.1 Å². The summed E-state index contributed by atoms with van der Waals surface area (Å²) < 4.78 is 29.0. The van der Waals surface area contributed by atoms with Gasteiger partial charge in [0.1, 0.15) is 0 Å². The molecule has 2 saturated heterocycles. The molecule has 0 spiro atoms. The number of carbonyl (C=O) groups excluding carboxylic acids is 2. The lowest BCUT2D eigenvalue weighted by Gasteiger charge is -2.40. The molecule has 170 valence electrons. The number of hydrogen-bond donors (Lipinski definition) is 1. The summed E-state index contributed by atoms with van der Waals surface area (Å²) in [6.07, 6.45) is 4.71. The smallest absolute Gasteiger partial charge is 0.253 e. The third-order valence-corrected chi connectivity index (χ3v) is 8.69. The van der Waals surface area contributed by atoms with Gasteiger partial charge in [-0.3, -0.25) is 9.59 Å². The van der Waals surface area contributed by atoms with Gasteiger partial charge in [0.15, 0.2) is 0 Å². The van der Waals surface area contributed by atoms with E-state index in [1.165, 1.54) is 22.5 Å². The number of hydrogen-bond acceptors (Lipinski definition) is 4. The zero-order valence-corrected chi connectivity index (χ0v) is 19.7. The van der Waals surface area contributed by atoms with Crippen molar-refractivity contribution in [2.24, 2.45) is 0 Å². The molecule has 0 bridgehead atoms. The molecule has 31 heavy (non-hydrogen) atoms. The molecule has 1 N–H and O–H groups in total. The third-order valence-electron chi connectivity index (χ3n) is 6.39. The second kappa shape index (κ2) is 8.39. The van der Waals surface area contributed by atoms with Crippen molar-refractivity contribution in [1.29, 1.82) is 0 Å². The van der Waals surface area contributed by atoms with Gasteiger partial charge >= 0.3 is 0 Å². The minimum Gasteiger partial charge on any atom is -0.348 e. The standard InChI is InChI=1S/C23H33N3O4S/c1-6-20(27)24-19-16-22(2,3)26(23(19,4)5)31(29,30)18-12-10-11-17(15-18)21(28)25-13-8-7-9-14-25/h6,10-12,15,19H,1,7-9,13-14,16H2,2-5H3,(H,24,27). The van der Waals surface area contributed by atoms with E-state index >= 15 is 0 Å². The maximum absolute atomic E-state index is 13.8. The third kappa shape index (κ3) is 4.41. The Morgan fingerprint density at radius 3 is 2.39 bits per heavy atom. The highest BCUT2D eigenvalue weighted by Crippen LogP contribution is 2.44. The molecule has 2 heterocycles. The number of sulfonamides is 1. The number of carbonyl (C=O) groups is 2. The van der Waals surface area contributed by atoms with Crippen LogP contribution < -0.4 is 5.32 Å². The summed E-state index contributed by atoms with van der Waals surface area (Å²) in [5.41, 5.74) is -1.21. The minimum absolute atomic E-state index is 0.0900. The number of rotatable bonds is 5. The van der Waals surface area contributed by atoms with Gasteiger partial charge in [0, 0.05) is 30.2 Å². The van der Waals surface area contributed by atoms with Gasteiger partial charge in [-0.25, -0.2) is 8.42 Å². The van der Waals surface area contributed by atoms with Crippen molar-refractivity contribution in [1.82, 2.24) is 14.5 Å². The van der Waals surface area contributed by atoms with Crippen LogP contribution in [0.1, 0.15) is 63.7 Å². The molecule has 0 saturated carbocycles. The zero-order valence-electron chi connectivity index (χ0n) is 18.8. The molecule has 1 aromatic carbocycles. The SMILES string of the molecule is C=CC(=O)NC1CC(C)(C)N(S(=O)(=O)c2cccc(C(=O)N3CCCCC3)c2)C1(C)C. The zero-order chi connectivity index (χ0) is 23.0. The van der Waals surface area contributed by atoms with Gasteiger partial charge in [0.2, 0.25) is 15.9 Å². The molecule has 0 aliphatic carbocycles. The van der Waals surface area contributed by atoms with Crippen molar-refractivity contribution in [2.45, 2.75) is 75.4 Å². The van der Waals surface area contributed by atoms with Crippen LogP contribution >= 0.6 is 0 Å². The normalized spacial score (nSPS) is 23.4. The maximum Gasteiger partial charge on any atom is 0.253 e. The maximum atomic E-state index is 13.8. The molecule has 0 aromatic heterocycles. The van der Waals surface area contributed by atoms with Crippen molar-refractivity contribution in [2.75, 3.05) is 13.1 Å². The van der Waals surface area contributed by atoms with Crippen molar-refractivity contribution >= 4 is 21.8 Å². The summed E-state index contributed by atoms with van der Waals surface area (Å²) >= 11 is 0. The molecule has 1 atom stereocenters. The van der Waals surface area contributed by atoms with Gasteiger partial charge in [-0.2, -0.15) is 4.31 Å². The summed E-state index contributed by atoms with van der Waals surface area (Å²) in [7, 11) is -3.93. The summed E-state index contributed by atoms with van der Waals surface area (Å²) in [4.78, 5) is 26.7. The highest BCUT2D eigenvalue weighted by atomic mass is 32.2. The van der Waals surface area contributed by atoms with Crippen LogP contribution in [0.25, 0.3) is 0 Å². The molecule has 2 amide bonds. The van der Waals surface area contributed by atoms with Gasteiger partial charge in [0.05, 0.1) is 10.4 Å². The Morgan fingerprint density at radius 1 is 1.13 bits per heavy atom. The van der Waals surface area contributed by atoms with E-state index in [1.807, 2.05) is 27.7 Å². The van der Waals surface area contributed by atoms with Crippen LogP contribution in [0.5, 0.6) is 0 Å². The van der Waals surface area contributed by atoms with Gasteiger partial charge in [-0.05, 0) is 77.7 Å². The molecule has 1 unspecified atom stereocenters. The van der Waals surface area contributed by atoms with Gasteiger partial charge in [-0.1, -0.05) is 12.6 Å². The number of benzene rings is 1. The lowest BCUT2D eigenvalue weighted by molar-refractivity contribution is -0.117. The highest BCUT2D eigenvalue weighted by Gasteiger charge is 2.57. The Hall–Kier alpha value is -2.19. The first-order valence-corrected chi connectivity index (χ1v) is 12.2. The molecule has 7 nitrogen and oxygen atoms in total.